The Balaban J connectivity index is 2.08. The molecule has 0 aromatic heterocycles. The van der Waals surface area contributed by atoms with Gasteiger partial charge >= 0.3 is 5.97 Å². The number of hydrogen-bond acceptors (Lipinski definition) is 4. The van der Waals surface area contributed by atoms with Gasteiger partial charge in [-0.05, 0) is 31.0 Å². The number of cyclic esters (lactones) is 1. The van der Waals surface area contributed by atoms with Crippen LogP contribution >= 0.6 is 0 Å². The first-order valence-corrected chi connectivity index (χ1v) is 6.18. The molecule has 1 heterocycles. The third-order valence-corrected chi connectivity index (χ3v) is 2.99. The van der Waals surface area contributed by atoms with Gasteiger partial charge in [0.2, 0.25) is 0 Å². The van der Waals surface area contributed by atoms with Crippen molar-refractivity contribution in [3.63, 3.8) is 0 Å². The molecule has 0 unspecified atom stereocenters. The zero-order valence-electron chi connectivity index (χ0n) is 10.8. The Labute approximate surface area is 107 Å². The van der Waals surface area contributed by atoms with Crippen molar-refractivity contribution in [3.8, 4) is 11.5 Å². The van der Waals surface area contributed by atoms with E-state index in [-0.39, 0.29) is 11.9 Å². The number of hydrogen-bond donors (Lipinski definition) is 0. The van der Waals surface area contributed by atoms with Crippen LogP contribution in [0.3, 0.4) is 0 Å². The van der Waals surface area contributed by atoms with Gasteiger partial charge in [-0.3, -0.25) is 4.79 Å². The zero-order chi connectivity index (χ0) is 13.0. The fourth-order valence-electron chi connectivity index (χ4n) is 2.15. The second kappa shape index (κ2) is 5.76. The van der Waals surface area contributed by atoms with Crippen molar-refractivity contribution >= 4 is 5.97 Å². The maximum atomic E-state index is 11.0. The van der Waals surface area contributed by atoms with Crippen LogP contribution < -0.4 is 9.47 Å². The molecular formula is C14H18O4. The molecule has 1 aromatic carbocycles. The molecule has 4 nitrogen and oxygen atoms in total. The smallest absolute Gasteiger partial charge is 0.306 e. The van der Waals surface area contributed by atoms with Gasteiger partial charge in [0.1, 0.15) is 0 Å². The fraction of sp³-hybridized carbons (Fsp3) is 0.500. The Morgan fingerprint density at radius 3 is 2.83 bits per heavy atom. The van der Waals surface area contributed by atoms with E-state index in [4.69, 9.17) is 14.2 Å². The summed E-state index contributed by atoms with van der Waals surface area (Å²) in [4.78, 5) is 11.0. The highest BCUT2D eigenvalue weighted by Gasteiger charge is 2.24. The molecule has 1 aromatic rings. The van der Waals surface area contributed by atoms with Crippen molar-refractivity contribution in [1.29, 1.82) is 0 Å². The van der Waals surface area contributed by atoms with Crippen LogP contribution in [0.2, 0.25) is 0 Å². The minimum absolute atomic E-state index is 0.0986. The summed E-state index contributed by atoms with van der Waals surface area (Å²) in [7, 11) is 1.63. The largest absolute Gasteiger partial charge is 0.493 e. The summed E-state index contributed by atoms with van der Waals surface area (Å²) in [5.74, 6) is 1.67. The van der Waals surface area contributed by atoms with Gasteiger partial charge in [0, 0.05) is 5.92 Å². The van der Waals surface area contributed by atoms with E-state index in [1.165, 1.54) is 0 Å². The molecule has 18 heavy (non-hydrogen) atoms. The minimum atomic E-state index is -0.0986. The van der Waals surface area contributed by atoms with Gasteiger partial charge in [-0.2, -0.15) is 0 Å². The fourth-order valence-corrected chi connectivity index (χ4v) is 2.15. The maximum absolute atomic E-state index is 11.0. The molecule has 1 aliphatic rings. The second-order valence-electron chi connectivity index (χ2n) is 4.38. The van der Waals surface area contributed by atoms with Crippen LogP contribution in [-0.2, 0) is 16.0 Å². The molecule has 0 bridgehead atoms. The summed E-state index contributed by atoms with van der Waals surface area (Å²) in [6, 6.07) is 5.88. The first-order chi connectivity index (χ1) is 8.72. The Morgan fingerprint density at radius 2 is 2.22 bits per heavy atom. The van der Waals surface area contributed by atoms with Gasteiger partial charge < -0.3 is 14.2 Å². The third-order valence-electron chi connectivity index (χ3n) is 2.99. The van der Waals surface area contributed by atoms with Gasteiger partial charge in [0.15, 0.2) is 11.5 Å². The van der Waals surface area contributed by atoms with Gasteiger partial charge in [-0.1, -0.05) is 6.07 Å². The van der Waals surface area contributed by atoms with E-state index in [0.717, 1.165) is 23.5 Å². The SMILES string of the molecule is CCOc1cc(C[C@H]2COC(=O)C2)ccc1OC. The minimum Gasteiger partial charge on any atom is -0.493 e. The van der Waals surface area contributed by atoms with Crippen molar-refractivity contribution in [2.45, 2.75) is 19.8 Å². The Hall–Kier alpha value is -1.71. The number of carbonyl (C=O) groups excluding carboxylic acids is 1. The molecule has 1 saturated heterocycles. The normalized spacial score (nSPS) is 18.6. The number of methoxy groups -OCH3 is 1. The van der Waals surface area contributed by atoms with E-state index in [1.54, 1.807) is 7.11 Å². The number of rotatable bonds is 5. The average molecular weight is 250 g/mol. The van der Waals surface area contributed by atoms with Crippen molar-refractivity contribution < 1.29 is 19.0 Å². The van der Waals surface area contributed by atoms with Crippen LogP contribution in [0.25, 0.3) is 0 Å². The lowest BCUT2D eigenvalue weighted by Gasteiger charge is -2.12. The molecule has 1 aliphatic heterocycles. The van der Waals surface area contributed by atoms with Gasteiger partial charge in [-0.25, -0.2) is 0 Å². The molecule has 1 atom stereocenters. The number of ether oxygens (including phenoxy) is 3. The monoisotopic (exact) mass is 250 g/mol. The lowest BCUT2D eigenvalue weighted by Crippen LogP contribution is -2.04. The summed E-state index contributed by atoms with van der Waals surface area (Å²) < 4.78 is 15.7. The predicted molar refractivity (Wildman–Crippen MR) is 66.9 cm³/mol. The molecule has 4 heteroatoms. The van der Waals surface area contributed by atoms with E-state index in [0.29, 0.717) is 19.6 Å². The molecule has 0 N–H and O–H groups in total. The number of benzene rings is 1. The lowest BCUT2D eigenvalue weighted by atomic mass is 9.98. The van der Waals surface area contributed by atoms with Crippen LogP contribution in [0.1, 0.15) is 18.9 Å². The third kappa shape index (κ3) is 2.94. The Bertz CT molecular complexity index is 428. The summed E-state index contributed by atoms with van der Waals surface area (Å²) in [6.45, 7) is 3.06. The molecule has 0 aliphatic carbocycles. The average Bonchev–Trinajstić information content (AvgIpc) is 2.76. The maximum Gasteiger partial charge on any atom is 0.306 e. The standard InChI is InChI=1S/C14H18O4/c1-3-17-13-7-10(4-5-12(13)16-2)6-11-8-14(15)18-9-11/h4-5,7,11H,3,6,8-9H2,1-2H3/t11-/m1/s1. The van der Waals surface area contributed by atoms with E-state index in [1.807, 2.05) is 25.1 Å². The van der Waals surface area contributed by atoms with E-state index in [9.17, 15) is 4.79 Å². The van der Waals surface area contributed by atoms with Crippen molar-refractivity contribution in [2.24, 2.45) is 5.92 Å². The van der Waals surface area contributed by atoms with Crippen LogP contribution in [0.4, 0.5) is 0 Å². The molecule has 0 amide bonds. The summed E-state index contributed by atoms with van der Waals surface area (Å²) in [5, 5.41) is 0. The predicted octanol–water partition coefficient (Wildman–Crippen LogP) is 2.20. The zero-order valence-corrected chi connectivity index (χ0v) is 10.8. The summed E-state index contributed by atoms with van der Waals surface area (Å²) >= 11 is 0. The molecule has 2 rings (SSSR count). The second-order valence-corrected chi connectivity index (χ2v) is 4.38. The topological polar surface area (TPSA) is 44.8 Å². The molecule has 0 radical (unpaired) electrons. The van der Waals surface area contributed by atoms with Crippen molar-refractivity contribution in [3.05, 3.63) is 23.8 Å². The molecule has 0 spiro atoms. The van der Waals surface area contributed by atoms with Gasteiger partial charge in [-0.15, -0.1) is 0 Å². The molecule has 0 saturated carbocycles. The summed E-state index contributed by atoms with van der Waals surface area (Å²) in [5.41, 5.74) is 1.14. The summed E-state index contributed by atoms with van der Waals surface area (Å²) in [6.07, 6.45) is 1.34. The molecule has 98 valence electrons. The number of esters is 1. The van der Waals surface area contributed by atoms with E-state index < -0.39 is 0 Å². The van der Waals surface area contributed by atoms with Crippen molar-refractivity contribution in [2.75, 3.05) is 20.3 Å². The van der Waals surface area contributed by atoms with Gasteiger partial charge in [0.05, 0.1) is 26.7 Å². The molecule has 1 fully saturated rings. The Kier molecular flexibility index (Phi) is 4.07. The highest BCUT2D eigenvalue weighted by atomic mass is 16.5. The van der Waals surface area contributed by atoms with Crippen LogP contribution in [0, 0.1) is 5.92 Å². The van der Waals surface area contributed by atoms with Crippen LogP contribution in [0.5, 0.6) is 11.5 Å². The Morgan fingerprint density at radius 1 is 1.39 bits per heavy atom. The lowest BCUT2D eigenvalue weighted by molar-refractivity contribution is -0.137. The first kappa shape index (κ1) is 12.7. The highest BCUT2D eigenvalue weighted by Crippen LogP contribution is 2.30. The van der Waals surface area contributed by atoms with Gasteiger partial charge in [0.25, 0.3) is 0 Å². The van der Waals surface area contributed by atoms with Crippen LogP contribution in [0.15, 0.2) is 18.2 Å². The quantitative estimate of drug-likeness (QED) is 0.751. The molecular weight excluding hydrogens is 232 g/mol. The first-order valence-electron chi connectivity index (χ1n) is 6.18. The number of carbonyl (C=O) groups is 1. The van der Waals surface area contributed by atoms with Crippen molar-refractivity contribution in [1.82, 2.24) is 0 Å². The highest BCUT2D eigenvalue weighted by molar-refractivity contribution is 5.71. The van der Waals surface area contributed by atoms with E-state index in [2.05, 4.69) is 0 Å². The van der Waals surface area contributed by atoms with Crippen LogP contribution in [-0.4, -0.2) is 26.3 Å². The van der Waals surface area contributed by atoms with E-state index >= 15 is 0 Å².